The van der Waals surface area contributed by atoms with Crippen LogP contribution in [0.2, 0.25) is 0 Å². The predicted octanol–water partition coefficient (Wildman–Crippen LogP) is 1.01. The summed E-state index contributed by atoms with van der Waals surface area (Å²) < 4.78 is 5.48. The lowest BCUT2D eigenvalue weighted by Gasteiger charge is -2.30. The molecule has 2 aliphatic heterocycles. The maximum Gasteiger partial charge on any atom is 0.251 e. The lowest BCUT2D eigenvalue weighted by Crippen LogP contribution is -2.44. The Bertz CT molecular complexity index is 246. The smallest absolute Gasteiger partial charge is 0.251 e. The number of carbonyl (C=O) groups excluding carboxylic acids is 1. The van der Waals surface area contributed by atoms with Crippen molar-refractivity contribution in [2.24, 2.45) is 5.92 Å². The van der Waals surface area contributed by atoms with E-state index in [2.05, 4.69) is 12.2 Å². The second kappa shape index (κ2) is 6.36. The van der Waals surface area contributed by atoms with Crippen LogP contribution in [0.4, 0.5) is 0 Å². The van der Waals surface area contributed by atoms with Gasteiger partial charge in [-0.05, 0) is 51.6 Å². The van der Waals surface area contributed by atoms with E-state index in [9.17, 15) is 4.79 Å². The summed E-state index contributed by atoms with van der Waals surface area (Å²) in [5.74, 6) is 0.824. The standard InChI is InChI=1S/C13H24N2O2/c1-2-15(10-11-5-3-7-14-9-11)13(16)12-6-4-8-17-12/h11-12,14H,2-10H2,1H3/t11?,12-/m0/s1. The fourth-order valence-electron chi connectivity index (χ4n) is 2.74. The van der Waals surface area contributed by atoms with E-state index in [-0.39, 0.29) is 12.0 Å². The SMILES string of the molecule is CCN(CC1CCCNC1)C(=O)[C@@H]1CCCO1. The molecule has 2 fully saturated rings. The Labute approximate surface area is 104 Å². The molecule has 0 spiro atoms. The van der Waals surface area contributed by atoms with Gasteiger partial charge in [-0.15, -0.1) is 0 Å². The van der Waals surface area contributed by atoms with Crippen molar-refractivity contribution in [2.75, 3.05) is 32.8 Å². The van der Waals surface area contributed by atoms with Crippen molar-refractivity contribution in [3.63, 3.8) is 0 Å². The summed E-state index contributed by atoms with van der Waals surface area (Å²) in [7, 11) is 0. The Balaban J connectivity index is 1.83. The normalized spacial score (nSPS) is 29.2. The van der Waals surface area contributed by atoms with Crippen molar-refractivity contribution in [3.05, 3.63) is 0 Å². The first-order valence-electron chi connectivity index (χ1n) is 6.92. The van der Waals surface area contributed by atoms with Gasteiger partial charge in [0.05, 0.1) is 0 Å². The Morgan fingerprint density at radius 2 is 2.29 bits per heavy atom. The molecule has 98 valence electrons. The molecule has 0 bridgehead atoms. The number of hydrogen-bond donors (Lipinski definition) is 1. The highest BCUT2D eigenvalue weighted by Crippen LogP contribution is 2.17. The third-order valence-corrected chi connectivity index (χ3v) is 3.78. The summed E-state index contributed by atoms with van der Waals surface area (Å²) in [5, 5.41) is 3.40. The average molecular weight is 240 g/mol. The first-order valence-corrected chi connectivity index (χ1v) is 6.92. The number of rotatable bonds is 4. The van der Waals surface area contributed by atoms with Gasteiger partial charge in [0.2, 0.25) is 0 Å². The van der Waals surface area contributed by atoms with Crippen LogP contribution in [0.15, 0.2) is 0 Å². The van der Waals surface area contributed by atoms with Gasteiger partial charge in [0.15, 0.2) is 0 Å². The highest BCUT2D eigenvalue weighted by molar-refractivity contribution is 5.81. The molecule has 17 heavy (non-hydrogen) atoms. The number of ether oxygens (including phenoxy) is 1. The molecule has 0 aromatic heterocycles. The van der Waals surface area contributed by atoms with Gasteiger partial charge in [-0.1, -0.05) is 0 Å². The van der Waals surface area contributed by atoms with Gasteiger partial charge in [-0.25, -0.2) is 0 Å². The van der Waals surface area contributed by atoms with Gasteiger partial charge in [-0.3, -0.25) is 4.79 Å². The van der Waals surface area contributed by atoms with E-state index in [0.29, 0.717) is 5.92 Å². The third-order valence-electron chi connectivity index (χ3n) is 3.78. The van der Waals surface area contributed by atoms with Crippen LogP contribution in [0.5, 0.6) is 0 Å². The summed E-state index contributed by atoms with van der Waals surface area (Å²) in [6.45, 7) is 6.68. The van der Waals surface area contributed by atoms with Crippen LogP contribution in [0.1, 0.15) is 32.6 Å². The number of nitrogens with zero attached hydrogens (tertiary/aromatic N) is 1. The van der Waals surface area contributed by atoms with E-state index < -0.39 is 0 Å². The van der Waals surface area contributed by atoms with Crippen LogP contribution in [-0.4, -0.2) is 49.7 Å². The number of likely N-dealkylation sites (N-methyl/N-ethyl adjacent to an activating group) is 1. The summed E-state index contributed by atoms with van der Waals surface area (Å²) in [6.07, 6.45) is 4.24. The Kier molecular flexibility index (Phi) is 4.80. The molecule has 0 aliphatic carbocycles. The molecule has 1 N–H and O–H groups in total. The fourth-order valence-corrected chi connectivity index (χ4v) is 2.74. The Morgan fingerprint density at radius 1 is 1.41 bits per heavy atom. The van der Waals surface area contributed by atoms with Crippen molar-refractivity contribution in [1.29, 1.82) is 0 Å². The molecule has 4 heteroatoms. The molecule has 0 radical (unpaired) electrons. The molecule has 1 unspecified atom stereocenters. The predicted molar refractivity (Wildman–Crippen MR) is 66.8 cm³/mol. The van der Waals surface area contributed by atoms with Gasteiger partial charge >= 0.3 is 0 Å². The van der Waals surface area contributed by atoms with Gasteiger partial charge in [0.1, 0.15) is 6.10 Å². The zero-order chi connectivity index (χ0) is 12.1. The summed E-state index contributed by atoms with van der Waals surface area (Å²) >= 11 is 0. The lowest BCUT2D eigenvalue weighted by atomic mass is 9.99. The Morgan fingerprint density at radius 3 is 2.88 bits per heavy atom. The van der Waals surface area contributed by atoms with Crippen LogP contribution in [0, 0.1) is 5.92 Å². The molecule has 0 aromatic carbocycles. The highest BCUT2D eigenvalue weighted by atomic mass is 16.5. The minimum absolute atomic E-state index is 0.161. The van der Waals surface area contributed by atoms with Gasteiger partial charge in [0.25, 0.3) is 5.91 Å². The minimum Gasteiger partial charge on any atom is -0.368 e. The van der Waals surface area contributed by atoms with Crippen LogP contribution in [0.25, 0.3) is 0 Å². The van der Waals surface area contributed by atoms with Gasteiger partial charge in [0, 0.05) is 19.7 Å². The van der Waals surface area contributed by atoms with E-state index in [1.54, 1.807) is 0 Å². The Hall–Kier alpha value is -0.610. The van der Waals surface area contributed by atoms with Crippen LogP contribution >= 0.6 is 0 Å². The van der Waals surface area contributed by atoms with E-state index >= 15 is 0 Å². The van der Waals surface area contributed by atoms with Crippen LogP contribution in [0.3, 0.4) is 0 Å². The number of hydrogen-bond acceptors (Lipinski definition) is 3. The number of nitrogens with one attached hydrogen (secondary N) is 1. The van der Waals surface area contributed by atoms with Crippen molar-refractivity contribution in [2.45, 2.75) is 38.7 Å². The minimum atomic E-state index is -0.161. The molecule has 2 atom stereocenters. The van der Waals surface area contributed by atoms with Crippen LogP contribution in [-0.2, 0) is 9.53 Å². The zero-order valence-corrected chi connectivity index (χ0v) is 10.8. The average Bonchev–Trinajstić information content (AvgIpc) is 2.90. The van der Waals surface area contributed by atoms with Gasteiger partial charge < -0.3 is 15.0 Å². The molecule has 4 nitrogen and oxygen atoms in total. The van der Waals surface area contributed by atoms with Crippen molar-refractivity contribution in [1.82, 2.24) is 10.2 Å². The summed E-state index contributed by atoms with van der Waals surface area (Å²) in [4.78, 5) is 14.2. The van der Waals surface area contributed by atoms with E-state index in [4.69, 9.17) is 4.74 Å². The first kappa shape index (κ1) is 12.8. The molecule has 0 saturated carbocycles. The van der Waals surface area contributed by atoms with E-state index in [1.165, 1.54) is 12.8 Å². The largest absolute Gasteiger partial charge is 0.368 e. The second-order valence-electron chi connectivity index (χ2n) is 5.09. The second-order valence-corrected chi connectivity index (χ2v) is 5.09. The van der Waals surface area contributed by atoms with Crippen molar-refractivity contribution >= 4 is 5.91 Å². The summed E-state index contributed by atoms with van der Waals surface area (Å²) in [6, 6.07) is 0. The van der Waals surface area contributed by atoms with Gasteiger partial charge in [-0.2, -0.15) is 0 Å². The molecule has 2 heterocycles. The molecule has 1 amide bonds. The highest BCUT2D eigenvalue weighted by Gasteiger charge is 2.29. The topological polar surface area (TPSA) is 41.6 Å². The number of amides is 1. The first-order chi connectivity index (χ1) is 8.31. The quantitative estimate of drug-likeness (QED) is 0.797. The molecular weight excluding hydrogens is 216 g/mol. The number of piperidine rings is 1. The maximum atomic E-state index is 12.2. The van der Waals surface area contributed by atoms with E-state index in [0.717, 1.165) is 45.6 Å². The van der Waals surface area contributed by atoms with Crippen molar-refractivity contribution in [3.8, 4) is 0 Å². The van der Waals surface area contributed by atoms with Crippen molar-refractivity contribution < 1.29 is 9.53 Å². The lowest BCUT2D eigenvalue weighted by molar-refractivity contribution is -0.141. The molecule has 2 saturated heterocycles. The maximum absolute atomic E-state index is 12.2. The zero-order valence-electron chi connectivity index (χ0n) is 10.8. The van der Waals surface area contributed by atoms with Crippen LogP contribution < -0.4 is 5.32 Å². The third kappa shape index (κ3) is 3.42. The number of carbonyl (C=O) groups is 1. The van der Waals surface area contributed by atoms with E-state index in [1.807, 2.05) is 4.90 Å². The molecule has 0 aromatic rings. The monoisotopic (exact) mass is 240 g/mol. The molecular formula is C13H24N2O2. The fraction of sp³-hybridized carbons (Fsp3) is 0.923. The molecule has 2 aliphatic rings. The summed E-state index contributed by atoms with van der Waals surface area (Å²) in [5.41, 5.74) is 0. The molecule has 2 rings (SSSR count).